The van der Waals surface area contributed by atoms with Crippen molar-refractivity contribution in [2.45, 2.75) is 43.8 Å². The van der Waals surface area contributed by atoms with Crippen LogP contribution >= 0.6 is 0 Å². The Morgan fingerprint density at radius 2 is 2.00 bits per heavy atom. The zero-order valence-electron chi connectivity index (χ0n) is 17.3. The molecule has 0 saturated carbocycles. The van der Waals surface area contributed by atoms with Gasteiger partial charge >= 0.3 is 0 Å². The fourth-order valence-electron chi connectivity index (χ4n) is 3.42. The first-order valence-electron chi connectivity index (χ1n) is 10.0. The highest BCUT2D eigenvalue weighted by Gasteiger charge is 2.22. The van der Waals surface area contributed by atoms with E-state index >= 15 is 0 Å². The average molecular weight is 433 g/mol. The first-order chi connectivity index (χ1) is 14.4. The van der Waals surface area contributed by atoms with Gasteiger partial charge in [-0.15, -0.1) is 0 Å². The summed E-state index contributed by atoms with van der Waals surface area (Å²) in [6.07, 6.45) is 3.36. The van der Waals surface area contributed by atoms with Gasteiger partial charge in [0.1, 0.15) is 0 Å². The summed E-state index contributed by atoms with van der Waals surface area (Å²) >= 11 is 0. The van der Waals surface area contributed by atoms with Gasteiger partial charge in [-0.1, -0.05) is 29.4 Å². The van der Waals surface area contributed by atoms with Crippen molar-refractivity contribution in [2.24, 2.45) is 5.16 Å². The minimum absolute atomic E-state index is 0.195. The Hall–Kier alpha value is -2.42. The summed E-state index contributed by atoms with van der Waals surface area (Å²) in [7, 11) is -2.15. The molecule has 7 nitrogen and oxygen atoms in total. The normalized spacial score (nSPS) is 17.7. The fraction of sp³-hybridized carbons (Fsp3) is 0.409. The van der Waals surface area contributed by atoms with E-state index in [1.54, 1.807) is 55.5 Å². The maximum atomic E-state index is 13.0. The molecule has 8 heteroatoms. The molecule has 0 aromatic heterocycles. The largest absolute Gasteiger partial charge is 0.411 e. The van der Waals surface area contributed by atoms with E-state index in [0.717, 1.165) is 30.4 Å². The van der Waals surface area contributed by atoms with Crippen molar-refractivity contribution in [3.63, 3.8) is 0 Å². The van der Waals surface area contributed by atoms with Crippen LogP contribution in [0.25, 0.3) is 0 Å². The van der Waals surface area contributed by atoms with Gasteiger partial charge in [-0.2, -0.15) is 0 Å². The molecule has 162 valence electrons. The summed E-state index contributed by atoms with van der Waals surface area (Å²) in [4.78, 5) is 0.226. The minimum Gasteiger partial charge on any atom is -0.411 e. The van der Waals surface area contributed by atoms with Crippen molar-refractivity contribution in [1.82, 2.24) is 0 Å². The Morgan fingerprint density at radius 3 is 2.67 bits per heavy atom. The Kier molecular flexibility index (Phi) is 7.47. The number of sulfonamides is 1. The predicted molar refractivity (Wildman–Crippen MR) is 116 cm³/mol. The second-order valence-electron chi connectivity index (χ2n) is 7.23. The molecule has 0 amide bonds. The standard InChI is InChI=1S/C22H28N2O5S/c1-17(23-25)21-12-11-19(24(2)30(26,27)20-8-4-3-5-9-20)16-18(21)13-15-29-22-10-6-7-14-28-22/h3-5,8-9,11-12,16,22,25H,6-7,10,13-15H2,1-2H3. The highest BCUT2D eigenvalue weighted by Crippen LogP contribution is 2.26. The van der Waals surface area contributed by atoms with Crippen LogP contribution in [0.1, 0.15) is 37.3 Å². The molecule has 30 heavy (non-hydrogen) atoms. The molecule has 0 spiro atoms. The zero-order valence-corrected chi connectivity index (χ0v) is 18.1. The molecule has 1 N–H and O–H groups in total. The molecular formula is C22H28N2O5S. The third kappa shape index (κ3) is 5.19. The molecule has 0 aliphatic carbocycles. The number of anilines is 1. The molecule has 1 heterocycles. The van der Waals surface area contributed by atoms with Gasteiger partial charge < -0.3 is 14.7 Å². The topological polar surface area (TPSA) is 88.4 Å². The van der Waals surface area contributed by atoms with Crippen molar-refractivity contribution in [2.75, 3.05) is 24.6 Å². The Labute approximate surface area is 178 Å². The van der Waals surface area contributed by atoms with E-state index in [0.29, 0.717) is 31.0 Å². The van der Waals surface area contributed by atoms with E-state index in [1.807, 2.05) is 0 Å². The van der Waals surface area contributed by atoms with Crippen LogP contribution in [0, 0.1) is 0 Å². The third-order valence-corrected chi connectivity index (χ3v) is 7.01. The number of rotatable bonds is 8. The highest BCUT2D eigenvalue weighted by molar-refractivity contribution is 7.92. The van der Waals surface area contributed by atoms with Gasteiger partial charge in [0.15, 0.2) is 6.29 Å². The van der Waals surface area contributed by atoms with Crippen LogP contribution in [0.15, 0.2) is 58.6 Å². The molecule has 2 aromatic carbocycles. The van der Waals surface area contributed by atoms with Crippen molar-refractivity contribution >= 4 is 21.4 Å². The Balaban J connectivity index is 1.82. The van der Waals surface area contributed by atoms with Crippen LogP contribution in [-0.4, -0.2) is 45.9 Å². The molecule has 2 aromatic rings. The number of hydrogen-bond acceptors (Lipinski definition) is 6. The molecule has 1 saturated heterocycles. The van der Waals surface area contributed by atoms with Gasteiger partial charge in [0, 0.05) is 19.2 Å². The van der Waals surface area contributed by atoms with E-state index in [2.05, 4.69) is 5.16 Å². The van der Waals surface area contributed by atoms with Gasteiger partial charge in [-0.3, -0.25) is 4.31 Å². The number of nitrogens with zero attached hydrogens (tertiary/aromatic N) is 2. The Bertz CT molecular complexity index is 970. The molecule has 1 unspecified atom stereocenters. The van der Waals surface area contributed by atoms with Gasteiger partial charge in [0.2, 0.25) is 0 Å². The maximum absolute atomic E-state index is 13.0. The van der Waals surface area contributed by atoms with Crippen LogP contribution in [0.5, 0.6) is 0 Å². The lowest BCUT2D eigenvalue weighted by molar-refractivity contribution is -0.161. The van der Waals surface area contributed by atoms with Crippen LogP contribution in [0.2, 0.25) is 0 Å². The van der Waals surface area contributed by atoms with Crippen molar-refractivity contribution < 1.29 is 23.1 Å². The lowest BCUT2D eigenvalue weighted by Crippen LogP contribution is -2.27. The number of oxime groups is 1. The minimum atomic E-state index is -3.68. The second kappa shape index (κ2) is 10.1. The summed E-state index contributed by atoms with van der Waals surface area (Å²) in [5.74, 6) is 0. The van der Waals surface area contributed by atoms with E-state index in [9.17, 15) is 13.6 Å². The van der Waals surface area contributed by atoms with Gasteiger partial charge in [0.25, 0.3) is 10.0 Å². The summed E-state index contributed by atoms with van der Waals surface area (Å²) < 4.78 is 38.6. The average Bonchev–Trinajstić information content (AvgIpc) is 2.79. The van der Waals surface area contributed by atoms with Gasteiger partial charge in [-0.25, -0.2) is 8.42 Å². The molecule has 0 radical (unpaired) electrons. The van der Waals surface area contributed by atoms with Crippen molar-refractivity contribution in [3.05, 3.63) is 59.7 Å². The first kappa shape index (κ1) is 22.3. The third-order valence-electron chi connectivity index (χ3n) is 5.21. The smallest absolute Gasteiger partial charge is 0.264 e. The van der Waals surface area contributed by atoms with Crippen LogP contribution in [0.4, 0.5) is 5.69 Å². The number of hydrogen-bond donors (Lipinski definition) is 1. The van der Waals surface area contributed by atoms with Crippen LogP contribution in [-0.2, 0) is 25.9 Å². The summed E-state index contributed by atoms with van der Waals surface area (Å²) in [6, 6.07) is 13.6. The summed E-state index contributed by atoms with van der Waals surface area (Å²) in [6.45, 7) is 2.84. The Morgan fingerprint density at radius 1 is 1.23 bits per heavy atom. The molecule has 1 atom stereocenters. The lowest BCUT2D eigenvalue weighted by Gasteiger charge is -2.23. The lowest BCUT2D eigenvalue weighted by atomic mass is 10.0. The van der Waals surface area contributed by atoms with Gasteiger partial charge in [-0.05, 0) is 62.4 Å². The van der Waals surface area contributed by atoms with Crippen LogP contribution in [0.3, 0.4) is 0 Å². The monoisotopic (exact) mass is 432 g/mol. The SMILES string of the molecule is CC(=NO)c1ccc(N(C)S(=O)(=O)c2ccccc2)cc1CCOC1CCCCO1. The maximum Gasteiger partial charge on any atom is 0.264 e. The first-order valence-corrected chi connectivity index (χ1v) is 11.5. The van der Waals surface area contributed by atoms with E-state index < -0.39 is 10.0 Å². The fourth-order valence-corrected chi connectivity index (χ4v) is 4.63. The zero-order chi connectivity index (χ0) is 21.6. The number of ether oxygens (including phenoxy) is 2. The summed E-state index contributed by atoms with van der Waals surface area (Å²) in [5, 5.41) is 12.5. The van der Waals surface area contributed by atoms with Crippen molar-refractivity contribution in [3.8, 4) is 0 Å². The molecule has 3 rings (SSSR count). The predicted octanol–water partition coefficient (Wildman–Crippen LogP) is 3.80. The van der Waals surface area contributed by atoms with Gasteiger partial charge in [0.05, 0.1) is 22.9 Å². The van der Waals surface area contributed by atoms with Crippen LogP contribution < -0.4 is 4.31 Å². The van der Waals surface area contributed by atoms with E-state index in [4.69, 9.17) is 9.47 Å². The molecule has 1 aliphatic heterocycles. The quantitative estimate of drug-likeness (QED) is 0.389. The second-order valence-corrected chi connectivity index (χ2v) is 9.20. The molecule has 0 bridgehead atoms. The van der Waals surface area contributed by atoms with E-state index in [-0.39, 0.29) is 11.2 Å². The van der Waals surface area contributed by atoms with E-state index in [1.165, 1.54) is 11.4 Å². The molecule has 1 aliphatic rings. The highest BCUT2D eigenvalue weighted by atomic mass is 32.2. The summed E-state index contributed by atoms with van der Waals surface area (Å²) in [5.41, 5.74) is 2.57. The molecular weight excluding hydrogens is 404 g/mol. The van der Waals surface area contributed by atoms with Crippen molar-refractivity contribution in [1.29, 1.82) is 0 Å². The molecule has 1 fully saturated rings. The number of benzene rings is 2.